The number of halogens is 3. The molecule has 1 aromatic heterocycles. The predicted molar refractivity (Wildman–Crippen MR) is 82.5 cm³/mol. The Labute approximate surface area is 132 Å². The normalized spacial score (nSPS) is 20.2. The Balaban J connectivity index is 2.17. The van der Waals surface area contributed by atoms with Crippen molar-refractivity contribution in [3.8, 4) is 0 Å². The lowest BCUT2D eigenvalue weighted by Gasteiger charge is -2.32. The van der Waals surface area contributed by atoms with E-state index in [0.29, 0.717) is 10.8 Å². The molecule has 0 N–H and O–H groups in total. The molecule has 1 saturated heterocycles. The lowest BCUT2D eigenvalue weighted by atomic mass is 9.76. The molecular formula is C16H17BF3NO2. The van der Waals surface area contributed by atoms with E-state index in [-0.39, 0.29) is 5.52 Å². The van der Waals surface area contributed by atoms with Crippen molar-refractivity contribution < 1.29 is 22.5 Å². The van der Waals surface area contributed by atoms with Crippen LogP contribution in [0, 0.1) is 0 Å². The van der Waals surface area contributed by atoms with Crippen LogP contribution in [0.25, 0.3) is 10.9 Å². The first-order valence-electron chi connectivity index (χ1n) is 7.34. The van der Waals surface area contributed by atoms with Gasteiger partial charge in [0.1, 0.15) is 5.69 Å². The van der Waals surface area contributed by atoms with Crippen molar-refractivity contribution in [2.45, 2.75) is 45.1 Å². The molecule has 1 aromatic carbocycles. The summed E-state index contributed by atoms with van der Waals surface area (Å²) in [6.45, 7) is 7.45. The van der Waals surface area contributed by atoms with Crippen LogP contribution in [0.15, 0.2) is 30.3 Å². The molecule has 1 aliphatic rings. The van der Waals surface area contributed by atoms with Crippen LogP contribution in [0.3, 0.4) is 0 Å². The number of nitrogens with zero attached hydrogens (tertiary/aromatic N) is 1. The molecule has 2 heterocycles. The maximum atomic E-state index is 13.1. The number of hydrogen-bond acceptors (Lipinski definition) is 3. The van der Waals surface area contributed by atoms with Crippen molar-refractivity contribution in [1.82, 2.24) is 4.98 Å². The minimum Gasteiger partial charge on any atom is -0.399 e. The summed E-state index contributed by atoms with van der Waals surface area (Å²) < 4.78 is 51.2. The molecule has 122 valence electrons. The molecule has 0 aliphatic carbocycles. The van der Waals surface area contributed by atoms with E-state index in [0.717, 1.165) is 6.07 Å². The zero-order valence-corrected chi connectivity index (χ0v) is 13.4. The first-order chi connectivity index (χ1) is 10.5. The number of hydrogen-bond donors (Lipinski definition) is 0. The van der Waals surface area contributed by atoms with Crippen LogP contribution < -0.4 is 5.46 Å². The van der Waals surface area contributed by atoms with E-state index >= 15 is 0 Å². The standard InChI is InChI=1S/C16H17BF3NO2/c1-14(2)15(3,4)23-17(22-14)11-9-13(16(18,19)20)21-12-8-6-5-7-10(11)12/h5-9H,1-4H3. The Morgan fingerprint density at radius 3 is 2.13 bits per heavy atom. The molecule has 0 bridgehead atoms. The lowest BCUT2D eigenvalue weighted by Crippen LogP contribution is -2.41. The van der Waals surface area contributed by atoms with Crippen molar-refractivity contribution in [2.75, 3.05) is 0 Å². The van der Waals surface area contributed by atoms with Gasteiger partial charge in [0.15, 0.2) is 0 Å². The van der Waals surface area contributed by atoms with E-state index in [4.69, 9.17) is 9.31 Å². The van der Waals surface area contributed by atoms with Gasteiger partial charge in [0.2, 0.25) is 0 Å². The number of fused-ring (bicyclic) bond motifs is 1. The minimum atomic E-state index is -4.53. The molecule has 0 saturated carbocycles. The molecule has 0 spiro atoms. The van der Waals surface area contributed by atoms with Gasteiger partial charge in [-0.15, -0.1) is 0 Å². The molecule has 0 amide bonds. The smallest absolute Gasteiger partial charge is 0.399 e. The van der Waals surface area contributed by atoms with Gasteiger partial charge < -0.3 is 9.31 Å². The molecule has 2 aromatic rings. The van der Waals surface area contributed by atoms with Gasteiger partial charge in [0.25, 0.3) is 0 Å². The van der Waals surface area contributed by atoms with Crippen molar-refractivity contribution in [3.63, 3.8) is 0 Å². The monoisotopic (exact) mass is 323 g/mol. The van der Waals surface area contributed by atoms with E-state index in [2.05, 4.69) is 4.98 Å². The lowest BCUT2D eigenvalue weighted by molar-refractivity contribution is -0.140. The second-order valence-electron chi connectivity index (χ2n) is 6.70. The molecule has 7 heteroatoms. The van der Waals surface area contributed by atoms with Crippen LogP contribution in [-0.2, 0) is 15.5 Å². The van der Waals surface area contributed by atoms with Gasteiger partial charge in [-0.05, 0) is 50.7 Å². The summed E-state index contributed by atoms with van der Waals surface area (Å²) in [4.78, 5) is 3.72. The molecule has 0 radical (unpaired) electrons. The molecule has 23 heavy (non-hydrogen) atoms. The number of para-hydroxylation sites is 1. The first kappa shape index (κ1) is 16.3. The van der Waals surface area contributed by atoms with E-state index < -0.39 is 30.2 Å². The third kappa shape index (κ3) is 2.72. The molecular weight excluding hydrogens is 306 g/mol. The highest BCUT2D eigenvalue weighted by atomic mass is 19.4. The van der Waals surface area contributed by atoms with Gasteiger partial charge in [-0.3, -0.25) is 0 Å². The number of alkyl halides is 3. The summed E-state index contributed by atoms with van der Waals surface area (Å²) in [7, 11) is -0.867. The molecule has 3 nitrogen and oxygen atoms in total. The Kier molecular flexibility index (Phi) is 3.50. The SMILES string of the molecule is CC1(C)OB(c2cc(C(F)(F)F)nc3ccccc23)OC1(C)C. The Hall–Kier alpha value is -1.60. The first-order valence-corrected chi connectivity index (χ1v) is 7.34. The van der Waals surface area contributed by atoms with E-state index in [9.17, 15) is 13.2 Å². The summed E-state index contributed by atoms with van der Waals surface area (Å²) in [6.07, 6.45) is -4.53. The fourth-order valence-corrected chi connectivity index (χ4v) is 2.51. The van der Waals surface area contributed by atoms with Gasteiger partial charge in [0, 0.05) is 0 Å². The molecule has 1 fully saturated rings. The Morgan fingerprint density at radius 1 is 1.00 bits per heavy atom. The van der Waals surface area contributed by atoms with Crippen molar-refractivity contribution in [2.24, 2.45) is 0 Å². The quantitative estimate of drug-likeness (QED) is 0.752. The summed E-state index contributed by atoms with van der Waals surface area (Å²) in [5, 5.41) is 0.596. The highest BCUT2D eigenvalue weighted by Gasteiger charge is 2.52. The fraction of sp³-hybridized carbons (Fsp3) is 0.438. The van der Waals surface area contributed by atoms with Crippen LogP contribution in [0.2, 0.25) is 0 Å². The van der Waals surface area contributed by atoms with Crippen LogP contribution in [-0.4, -0.2) is 23.3 Å². The topological polar surface area (TPSA) is 31.4 Å². The molecule has 0 atom stereocenters. The minimum absolute atomic E-state index is 0.270. The van der Waals surface area contributed by atoms with Gasteiger partial charge >= 0.3 is 13.3 Å². The van der Waals surface area contributed by atoms with Gasteiger partial charge in [-0.1, -0.05) is 18.2 Å². The summed E-state index contributed by atoms with van der Waals surface area (Å²) in [6, 6.07) is 7.71. The van der Waals surface area contributed by atoms with Crippen molar-refractivity contribution in [3.05, 3.63) is 36.0 Å². The predicted octanol–water partition coefficient (Wildman–Crippen LogP) is 3.55. The van der Waals surface area contributed by atoms with Crippen molar-refractivity contribution >= 4 is 23.5 Å². The highest BCUT2D eigenvalue weighted by molar-refractivity contribution is 6.65. The maximum absolute atomic E-state index is 13.1. The number of rotatable bonds is 1. The zero-order valence-electron chi connectivity index (χ0n) is 13.4. The average Bonchev–Trinajstić information content (AvgIpc) is 2.65. The average molecular weight is 323 g/mol. The van der Waals surface area contributed by atoms with Gasteiger partial charge in [-0.25, -0.2) is 4.98 Å². The summed E-state index contributed by atoms with van der Waals surface area (Å²) >= 11 is 0. The fourth-order valence-electron chi connectivity index (χ4n) is 2.51. The van der Waals surface area contributed by atoms with E-state index in [1.165, 1.54) is 0 Å². The molecule has 3 rings (SSSR count). The number of benzene rings is 1. The zero-order chi connectivity index (χ0) is 17.0. The highest BCUT2D eigenvalue weighted by Crippen LogP contribution is 2.37. The van der Waals surface area contributed by atoms with Crippen LogP contribution in [0.4, 0.5) is 13.2 Å². The van der Waals surface area contributed by atoms with Crippen molar-refractivity contribution in [1.29, 1.82) is 0 Å². The number of aromatic nitrogens is 1. The van der Waals surface area contributed by atoms with Crippen LogP contribution in [0.5, 0.6) is 0 Å². The summed E-state index contributed by atoms with van der Waals surface area (Å²) in [5.41, 5.74) is -1.57. The molecule has 1 aliphatic heterocycles. The third-order valence-corrected chi connectivity index (χ3v) is 4.55. The third-order valence-electron chi connectivity index (χ3n) is 4.55. The second kappa shape index (κ2) is 4.95. The van der Waals surface area contributed by atoms with Gasteiger partial charge in [0.05, 0.1) is 16.7 Å². The largest absolute Gasteiger partial charge is 0.495 e. The van der Waals surface area contributed by atoms with Gasteiger partial charge in [-0.2, -0.15) is 13.2 Å². The summed E-state index contributed by atoms with van der Waals surface area (Å²) in [5.74, 6) is 0. The Morgan fingerprint density at radius 2 is 1.57 bits per heavy atom. The second-order valence-corrected chi connectivity index (χ2v) is 6.70. The Bertz CT molecular complexity index is 743. The maximum Gasteiger partial charge on any atom is 0.495 e. The van der Waals surface area contributed by atoms with E-state index in [1.54, 1.807) is 24.3 Å². The van der Waals surface area contributed by atoms with Crippen LogP contribution >= 0.6 is 0 Å². The van der Waals surface area contributed by atoms with Crippen LogP contribution in [0.1, 0.15) is 33.4 Å². The number of pyridine rings is 1. The van der Waals surface area contributed by atoms with E-state index in [1.807, 2.05) is 27.7 Å². The molecule has 0 unspecified atom stereocenters.